The highest BCUT2D eigenvalue weighted by molar-refractivity contribution is 7.10. The van der Waals surface area contributed by atoms with Crippen molar-refractivity contribution in [2.45, 2.75) is 32.9 Å². The molecule has 3 aromatic rings. The third-order valence-corrected chi connectivity index (χ3v) is 5.47. The maximum absolute atomic E-state index is 13.1. The third kappa shape index (κ3) is 3.73. The van der Waals surface area contributed by atoms with Gasteiger partial charge in [-0.15, -0.1) is 16.4 Å². The van der Waals surface area contributed by atoms with Gasteiger partial charge in [0.2, 0.25) is 0 Å². The van der Waals surface area contributed by atoms with Crippen molar-refractivity contribution in [1.82, 2.24) is 19.1 Å². The van der Waals surface area contributed by atoms with Crippen molar-refractivity contribution >= 4 is 28.8 Å². The first-order chi connectivity index (χ1) is 11.7. The van der Waals surface area contributed by atoms with Gasteiger partial charge in [0.05, 0.1) is 18.8 Å². The smallest absolute Gasteiger partial charge is 0.268 e. The first-order valence-corrected chi connectivity index (χ1v) is 9.57. The molecule has 0 spiro atoms. The van der Waals surface area contributed by atoms with Gasteiger partial charge in [-0.3, -0.25) is 4.79 Å². The van der Waals surface area contributed by atoms with Crippen LogP contribution in [0.2, 0.25) is 0 Å². The van der Waals surface area contributed by atoms with Crippen LogP contribution >= 0.6 is 22.9 Å². The second kappa shape index (κ2) is 7.72. The summed E-state index contributed by atoms with van der Waals surface area (Å²) in [7, 11) is 2.00. The monoisotopic (exact) mass is 360 g/mol. The minimum Gasteiger partial charge on any atom is -0.353 e. The summed E-state index contributed by atoms with van der Waals surface area (Å²) in [6.45, 7) is 3.26. The second-order valence-electron chi connectivity index (χ2n) is 5.65. The maximum atomic E-state index is 13.1. The lowest BCUT2D eigenvalue weighted by molar-refractivity contribution is 0.0732. The number of carbonyl (C=O) groups is 1. The third-order valence-electron chi connectivity index (χ3n) is 3.85. The number of carbonyl (C=O) groups excluding carboxylic acids is 1. The van der Waals surface area contributed by atoms with E-state index in [1.165, 1.54) is 16.4 Å². The number of aromatic nitrogens is 3. The number of amides is 1. The molecule has 3 rings (SSSR count). The lowest BCUT2D eigenvalue weighted by atomic mass is 10.2. The topological polar surface area (TPSA) is 51.0 Å². The van der Waals surface area contributed by atoms with Gasteiger partial charge in [0.15, 0.2) is 0 Å². The fourth-order valence-electron chi connectivity index (χ4n) is 2.56. The van der Waals surface area contributed by atoms with Crippen LogP contribution in [0.1, 0.15) is 39.3 Å². The maximum Gasteiger partial charge on any atom is 0.268 e. The van der Waals surface area contributed by atoms with E-state index in [0.717, 1.165) is 24.2 Å². The quantitative estimate of drug-likeness (QED) is 0.645. The lowest BCUT2D eigenvalue weighted by Gasteiger charge is -2.22. The fourth-order valence-corrected chi connectivity index (χ4v) is 3.96. The van der Waals surface area contributed by atoms with E-state index < -0.39 is 0 Å². The van der Waals surface area contributed by atoms with Gasteiger partial charge in [0.1, 0.15) is 4.88 Å². The number of hydrogen-bond acceptors (Lipinski definition) is 5. The minimum atomic E-state index is 0.0167. The zero-order valence-electron chi connectivity index (χ0n) is 13.8. The molecule has 5 nitrogen and oxygen atoms in total. The molecular weight excluding hydrogens is 340 g/mol. The zero-order valence-corrected chi connectivity index (χ0v) is 15.4. The van der Waals surface area contributed by atoms with Gasteiger partial charge in [0, 0.05) is 23.8 Å². The van der Waals surface area contributed by atoms with Crippen molar-refractivity contribution in [1.29, 1.82) is 0 Å². The van der Waals surface area contributed by atoms with Crippen molar-refractivity contribution in [3.05, 3.63) is 57.0 Å². The van der Waals surface area contributed by atoms with E-state index in [0.29, 0.717) is 18.0 Å². The number of hydrogen-bond donors (Lipinski definition) is 0. The number of rotatable bonds is 7. The second-order valence-corrected chi connectivity index (χ2v) is 7.44. The molecule has 0 aliphatic heterocycles. The molecule has 0 N–H and O–H groups in total. The van der Waals surface area contributed by atoms with Gasteiger partial charge in [-0.2, -0.15) is 0 Å². The largest absolute Gasteiger partial charge is 0.353 e. The van der Waals surface area contributed by atoms with Gasteiger partial charge in [-0.05, 0) is 41.5 Å². The Morgan fingerprint density at radius 3 is 2.83 bits per heavy atom. The molecule has 3 heterocycles. The first-order valence-electron chi connectivity index (χ1n) is 7.92. The van der Waals surface area contributed by atoms with Crippen molar-refractivity contribution in [3.63, 3.8) is 0 Å². The Morgan fingerprint density at radius 2 is 2.17 bits per heavy atom. The van der Waals surface area contributed by atoms with Crippen LogP contribution in [-0.4, -0.2) is 25.0 Å². The first kappa shape index (κ1) is 16.9. The average molecular weight is 361 g/mol. The zero-order chi connectivity index (χ0) is 16.9. The van der Waals surface area contributed by atoms with E-state index in [-0.39, 0.29) is 5.91 Å². The number of aryl methyl sites for hydroxylation is 2. The number of thiophene rings is 1. The van der Waals surface area contributed by atoms with Gasteiger partial charge in [0.25, 0.3) is 5.91 Å². The van der Waals surface area contributed by atoms with E-state index in [4.69, 9.17) is 0 Å². The predicted octanol–water partition coefficient (Wildman–Crippen LogP) is 3.73. The summed E-state index contributed by atoms with van der Waals surface area (Å²) < 4.78 is 6.05. The molecule has 0 atom stereocenters. The standard InChI is InChI=1S/C17H20N4OS2/c1-3-6-15-16(24-19-18-15)17(22)21(12-14-8-5-10-23-14)11-13-7-4-9-20(13)2/h4-5,7-10H,3,6,11-12H2,1-2H3. The summed E-state index contributed by atoms with van der Waals surface area (Å²) in [5.74, 6) is 0.0167. The molecule has 126 valence electrons. The van der Waals surface area contributed by atoms with Crippen molar-refractivity contribution in [3.8, 4) is 0 Å². The molecule has 1 amide bonds. The summed E-state index contributed by atoms with van der Waals surface area (Å²) >= 11 is 2.87. The van der Waals surface area contributed by atoms with Crippen molar-refractivity contribution in [2.75, 3.05) is 0 Å². The molecule has 0 unspecified atom stereocenters. The van der Waals surface area contributed by atoms with Gasteiger partial charge in [-0.25, -0.2) is 0 Å². The lowest BCUT2D eigenvalue weighted by Crippen LogP contribution is -2.30. The van der Waals surface area contributed by atoms with Gasteiger partial charge < -0.3 is 9.47 Å². The van der Waals surface area contributed by atoms with E-state index in [1.54, 1.807) is 11.3 Å². The minimum absolute atomic E-state index is 0.0167. The summed E-state index contributed by atoms with van der Waals surface area (Å²) in [4.78, 5) is 16.8. The van der Waals surface area contributed by atoms with Crippen LogP contribution in [0.3, 0.4) is 0 Å². The molecule has 0 radical (unpaired) electrons. The average Bonchev–Trinajstić information content (AvgIpc) is 3.30. The van der Waals surface area contributed by atoms with Gasteiger partial charge in [-0.1, -0.05) is 23.9 Å². The Labute approximate surface area is 149 Å². The van der Waals surface area contributed by atoms with Crippen LogP contribution < -0.4 is 0 Å². The predicted molar refractivity (Wildman–Crippen MR) is 97.2 cm³/mol. The van der Waals surface area contributed by atoms with Crippen LogP contribution in [-0.2, 0) is 26.6 Å². The Kier molecular flexibility index (Phi) is 5.42. The molecule has 0 saturated carbocycles. The molecule has 0 saturated heterocycles. The molecule has 0 fully saturated rings. The van der Waals surface area contributed by atoms with E-state index in [1.807, 2.05) is 46.3 Å². The Bertz CT molecular complexity index is 791. The summed E-state index contributed by atoms with van der Waals surface area (Å²) in [5, 5.41) is 6.18. The normalized spacial score (nSPS) is 10.9. The van der Waals surface area contributed by atoms with Crippen LogP contribution in [0.5, 0.6) is 0 Å². The molecule has 0 aliphatic rings. The SMILES string of the molecule is CCCc1nnsc1C(=O)N(Cc1cccs1)Cc1cccn1C. The molecule has 3 aromatic heterocycles. The van der Waals surface area contributed by atoms with E-state index >= 15 is 0 Å². The molecule has 0 aromatic carbocycles. The summed E-state index contributed by atoms with van der Waals surface area (Å²) in [6.07, 6.45) is 3.74. The summed E-state index contributed by atoms with van der Waals surface area (Å²) in [6, 6.07) is 8.13. The fraction of sp³-hybridized carbons (Fsp3) is 0.353. The van der Waals surface area contributed by atoms with Crippen molar-refractivity contribution in [2.24, 2.45) is 7.05 Å². The van der Waals surface area contributed by atoms with Crippen LogP contribution in [0.25, 0.3) is 0 Å². The van der Waals surface area contributed by atoms with Crippen LogP contribution in [0.15, 0.2) is 35.8 Å². The highest BCUT2D eigenvalue weighted by Crippen LogP contribution is 2.21. The van der Waals surface area contributed by atoms with Crippen LogP contribution in [0, 0.1) is 0 Å². The molecular formula is C17H20N4OS2. The number of nitrogens with zero attached hydrogens (tertiary/aromatic N) is 4. The molecule has 0 bridgehead atoms. The Morgan fingerprint density at radius 1 is 1.29 bits per heavy atom. The Balaban J connectivity index is 1.86. The highest BCUT2D eigenvalue weighted by Gasteiger charge is 2.23. The molecule has 7 heteroatoms. The van der Waals surface area contributed by atoms with Crippen molar-refractivity contribution < 1.29 is 4.79 Å². The molecule has 0 aliphatic carbocycles. The summed E-state index contributed by atoms with van der Waals surface area (Å²) in [5.41, 5.74) is 1.92. The van der Waals surface area contributed by atoms with E-state index in [2.05, 4.69) is 22.6 Å². The highest BCUT2D eigenvalue weighted by atomic mass is 32.1. The molecule has 24 heavy (non-hydrogen) atoms. The van der Waals surface area contributed by atoms with Crippen LogP contribution in [0.4, 0.5) is 0 Å². The van der Waals surface area contributed by atoms with E-state index in [9.17, 15) is 4.79 Å². The van der Waals surface area contributed by atoms with Gasteiger partial charge >= 0.3 is 0 Å². The Hall–Kier alpha value is -1.99.